The minimum atomic E-state index is -0.979. The molecular formula is C14H15FN4O2. The van der Waals surface area contributed by atoms with Crippen LogP contribution in [0.15, 0.2) is 36.7 Å². The van der Waals surface area contributed by atoms with Crippen LogP contribution < -0.4 is 11.1 Å². The zero-order valence-electron chi connectivity index (χ0n) is 11.3. The van der Waals surface area contributed by atoms with Crippen molar-refractivity contribution in [3.05, 3.63) is 53.7 Å². The summed E-state index contributed by atoms with van der Waals surface area (Å²) in [5, 5.41) is 12.7. The van der Waals surface area contributed by atoms with Gasteiger partial charge in [0.15, 0.2) is 11.5 Å². The van der Waals surface area contributed by atoms with Crippen LogP contribution in [0.4, 0.5) is 10.2 Å². The lowest BCUT2D eigenvalue weighted by Crippen LogP contribution is -2.37. The van der Waals surface area contributed by atoms with E-state index in [9.17, 15) is 14.3 Å². The topological polar surface area (TPSA) is 101 Å². The molecule has 0 saturated carbocycles. The van der Waals surface area contributed by atoms with Crippen molar-refractivity contribution in [2.45, 2.75) is 19.1 Å². The average molecular weight is 290 g/mol. The van der Waals surface area contributed by atoms with Crippen LogP contribution in [0.2, 0.25) is 0 Å². The number of anilines is 1. The van der Waals surface area contributed by atoms with E-state index in [1.807, 2.05) is 0 Å². The smallest absolute Gasteiger partial charge is 0.274 e. The molecule has 2 rings (SSSR count). The fourth-order valence-corrected chi connectivity index (χ4v) is 1.83. The molecule has 7 heteroatoms. The van der Waals surface area contributed by atoms with Gasteiger partial charge in [0.1, 0.15) is 5.82 Å². The van der Waals surface area contributed by atoms with E-state index in [2.05, 4.69) is 15.3 Å². The Morgan fingerprint density at radius 3 is 2.52 bits per heavy atom. The Balaban J connectivity index is 2.07. The zero-order valence-corrected chi connectivity index (χ0v) is 11.3. The molecule has 0 aliphatic heterocycles. The average Bonchev–Trinajstić information content (AvgIpc) is 2.47. The second kappa shape index (κ2) is 6.27. The highest BCUT2D eigenvalue weighted by Crippen LogP contribution is 2.17. The van der Waals surface area contributed by atoms with E-state index in [0.29, 0.717) is 5.56 Å². The van der Waals surface area contributed by atoms with Crippen LogP contribution >= 0.6 is 0 Å². The lowest BCUT2D eigenvalue weighted by atomic mass is 10.0. The standard InChI is InChI=1S/C14H15FN4O2/c1-8(12(20)9-2-4-10(15)5-3-9)19-14(21)11-13(16)18-7-6-17-11/h2-8,12,20H,1H3,(H2,16,18)(H,19,21). The molecule has 0 bridgehead atoms. The number of hydrogen-bond donors (Lipinski definition) is 3. The Morgan fingerprint density at radius 2 is 1.90 bits per heavy atom. The predicted octanol–water partition coefficient (Wildman–Crippen LogP) is 1.05. The fourth-order valence-electron chi connectivity index (χ4n) is 1.83. The second-order valence-corrected chi connectivity index (χ2v) is 4.55. The minimum absolute atomic E-state index is 0.00402. The molecule has 1 aromatic heterocycles. The van der Waals surface area contributed by atoms with Crippen molar-refractivity contribution in [2.75, 3.05) is 5.73 Å². The highest BCUT2D eigenvalue weighted by Gasteiger charge is 2.21. The summed E-state index contributed by atoms with van der Waals surface area (Å²) in [7, 11) is 0. The van der Waals surface area contributed by atoms with Crippen LogP contribution in [0.25, 0.3) is 0 Å². The first-order valence-corrected chi connectivity index (χ1v) is 6.30. The summed E-state index contributed by atoms with van der Waals surface area (Å²) < 4.78 is 12.8. The number of aromatic nitrogens is 2. The van der Waals surface area contributed by atoms with Gasteiger partial charge in [-0.05, 0) is 24.6 Å². The van der Waals surface area contributed by atoms with Gasteiger partial charge in [-0.15, -0.1) is 0 Å². The monoisotopic (exact) mass is 290 g/mol. The van der Waals surface area contributed by atoms with Crippen molar-refractivity contribution < 1.29 is 14.3 Å². The maximum absolute atomic E-state index is 12.8. The second-order valence-electron chi connectivity index (χ2n) is 4.55. The largest absolute Gasteiger partial charge is 0.386 e. The fraction of sp³-hybridized carbons (Fsp3) is 0.214. The summed E-state index contributed by atoms with van der Waals surface area (Å²) in [4.78, 5) is 19.6. The molecule has 0 saturated heterocycles. The maximum Gasteiger partial charge on any atom is 0.274 e. The molecule has 2 unspecified atom stereocenters. The minimum Gasteiger partial charge on any atom is -0.386 e. The van der Waals surface area contributed by atoms with E-state index >= 15 is 0 Å². The number of nitrogen functional groups attached to an aromatic ring is 1. The third-order valence-electron chi connectivity index (χ3n) is 2.99. The van der Waals surface area contributed by atoms with Crippen molar-refractivity contribution in [3.8, 4) is 0 Å². The lowest BCUT2D eigenvalue weighted by molar-refractivity contribution is 0.0848. The SMILES string of the molecule is CC(NC(=O)c1nccnc1N)C(O)c1ccc(F)cc1. The van der Waals surface area contributed by atoms with E-state index < -0.39 is 23.9 Å². The predicted molar refractivity (Wildman–Crippen MR) is 74.7 cm³/mol. The molecule has 6 nitrogen and oxygen atoms in total. The van der Waals surface area contributed by atoms with E-state index in [4.69, 9.17) is 5.73 Å². The molecule has 110 valence electrons. The number of rotatable bonds is 4. The van der Waals surface area contributed by atoms with Gasteiger partial charge in [0, 0.05) is 12.4 Å². The van der Waals surface area contributed by atoms with E-state index in [-0.39, 0.29) is 11.5 Å². The number of nitrogens with two attached hydrogens (primary N) is 1. The number of carbonyl (C=O) groups excluding carboxylic acids is 1. The number of aliphatic hydroxyl groups excluding tert-OH is 1. The summed E-state index contributed by atoms with van der Waals surface area (Å²) in [5.74, 6) is -0.914. The van der Waals surface area contributed by atoms with Crippen LogP contribution in [0.1, 0.15) is 29.1 Å². The van der Waals surface area contributed by atoms with Gasteiger partial charge >= 0.3 is 0 Å². The third kappa shape index (κ3) is 3.51. The van der Waals surface area contributed by atoms with Gasteiger partial charge < -0.3 is 16.2 Å². The molecule has 1 amide bonds. The number of benzene rings is 1. The Kier molecular flexibility index (Phi) is 4.44. The Morgan fingerprint density at radius 1 is 1.29 bits per heavy atom. The quantitative estimate of drug-likeness (QED) is 0.781. The maximum atomic E-state index is 12.8. The first-order valence-electron chi connectivity index (χ1n) is 6.30. The van der Waals surface area contributed by atoms with Crippen molar-refractivity contribution in [2.24, 2.45) is 0 Å². The van der Waals surface area contributed by atoms with Gasteiger partial charge in [-0.1, -0.05) is 12.1 Å². The first-order chi connectivity index (χ1) is 9.99. The number of nitrogens with one attached hydrogen (secondary N) is 1. The Labute approximate surface area is 120 Å². The number of halogens is 1. The molecule has 2 aromatic rings. The van der Waals surface area contributed by atoms with Gasteiger partial charge in [-0.2, -0.15) is 0 Å². The van der Waals surface area contributed by atoms with E-state index in [1.165, 1.54) is 36.7 Å². The van der Waals surface area contributed by atoms with Crippen molar-refractivity contribution >= 4 is 11.7 Å². The number of nitrogens with zero attached hydrogens (tertiary/aromatic N) is 2. The first kappa shape index (κ1) is 14.9. The molecule has 0 spiro atoms. The molecular weight excluding hydrogens is 275 g/mol. The Hall–Kier alpha value is -2.54. The molecule has 0 radical (unpaired) electrons. The molecule has 0 aliphatic carbocycles. The lowest BCUT2D eigenvalue weighted by Gasteiger charge is -2.20. The molecule has 2 atom stereocenters. The molecule has 1 aromatic carbocycles. The van der Waals surface area contributed by atoms with Crippen LogP contribution in [-0.4, -0.2) is 27.0 Å². The normalized spacial score (nSPS) is 13.5. The van der Waals surface area contributed by atoms with Gasteiger partial charge in [-0.3, -0.25) is 4.79 Å². The number of aliphatic hydroxyl groups is 1. The number of hydrogen-bond acceptors (Lipinski definition) is 5. The molecule has 0 fully saturated rings. The van der Waals surface area contributed by atoms with Crippen molar-refractivity contribution in [1.82, 2.24) is 15.3 Å². The van der Waals surface area contributed by atoms with Crippen molar-refractivity contribution in [3.63, 3.8) is 0 Å². The number of carbonyl (C=O) groups is 1. The van der Waals surface area contributed by atoms with Gasteiger partial charge in [0.2, 0.25) is 0 Å². The van der Waals surface area contributed by atoms with Crippen LogP contribution in [0.5, 0.6) is 0 Å². The molecule has 4 N–H and O–H groups in total. The van der Waals surface area contributed by atoms with Crippen LogP contribution in [0, 0.1) is 5.82 Å². The highest BCUT2D eigenvalue weighted by atomic mass is 19.1. The summed E-state index contributed by atoms with van der Waals surface area (Å²) >= 11 is 0. The summed E-state index contributed by atoms with van der Waals surface area (Å²) in [5.41, 5.74) is 6.06. The number of amides is 1. The summed E-state index contributed by atoms with van der Waals surface area (Å²) in [6.45, 7) is 1.62. The molecule has 0 aliphatic rings. The van der Waals surface area contributed by atoms with E-state index in [1.54, 1.807) is 6.92 Å². The van der Waals surface area contributed by atoms with Gasteiger partial charge in [0.25, 0.3) is 5.91 Å². The van der Waals surface area contributed by atoms with Gasteiger partial charge in [-0.25, -0.2) is 14.4 Å². The van der Waals surface area contributed by atoms with Crippen LogP contribution in [0.3, 0.4) is 0 Å². The van der Waals surface area contributed by atoms with E-state index in [0.717, 1.165) is 0 Å². The third-order valence-corrected chi connectivity index (χ3v) is 2.99. The summed E-state index contributed by atoms with van der Waals surface area (Å²) in [6.07, 6.45) is 1.75. The van der Waals surface area contributed by atoms with Gasteiger partial charge in [0.05, 0.1) is 12.1 Å². The molecule has 21 heavy (non-hydrogen) atoms. The van der Waals surface area contributed by atoms with Crippen LogP contribution in [-0.2, 0) is 0 Å². The Bertz CT molecular complexity index is 633. The van der Waals surface area contributed by atoms with Crippen molar-refractivity contribution in [1.29, 1.82) is 0 Å². The highest BCUT2D eigenvalue weighted by molar-refractivity contribution is 5.96. The summed E-state index contributed by atoms with van der Waals surface area (Å²) in [6, 6.07) is 4.80. The molecule has 1 heterocycles. The zero-order chi connectivity index (χ0) is 15.4.